The Bertz CT molecular complexity index is 404. The third-order valence-electron chi connectivity index (χ3n) is 2.47. The van der Waals surface area contributed by atoms with Crippen LogP contribution in [0.3, 0.4) is 0 Å². The van der Waals surface area contributed by atoms with E-state index in [0.29, 0.717) is 12.3 Å². The standard InChI is InChI=1S/C15H23O3P/c1-6-8-13-9-10-14(15(11-13)16-5)18-19(12(3)4)17-7-2/h6,9-12H,1,7-8H2,2-5H3. The molecule has 0 heterocycles. The van der Waals surface area contributed by atoms with Crippen LogP contribution in [0.15, 0.2) is 30.9 Å². The van der Waals surface area contributed by atoms with Gasteiger partial charge in [0.05, 0.1) is 13.7 Å². The van der Waals surface area contributed by atoms with Gasteiger partial charge in [-0.3, -0.25) is 0 Å². The summed E-state index contributed by atoms with van der Waals surface area (Å²) >= 11 is 0. The number of methoxy groups -OCH3 is 1. The molecule has 1 atom stereocenters. The molecule has 0 saturated heterocycles. The molecule has 106 valence electrons. The number of benzene rings is 1. The summed E-state index contributed by atoms with van der Waals surface area (Å²) in [7, 11) is 0.715. The van der Waals surface area contributed by atoms with Crippen LogP contribution in [0.25, 0.3) is 0 Å². The molecule has 0 radical (unpaired) electrons. The molecule has 1 unspecified atom stereocenters. The lowest BCUT2D eigenvalue weighted by atomic mass is 10.1. The zero-order valence-electron chi connectivity index (χ0n) is 12.2. The predicted octanol–water partition coefficient (Wildman–Crippen LogP) is 4.56. The smallest absolute Gasteiger partial charge is 0.233 e. The van der Waals surface area contributed by atoms with Crippen molar-refractivity contribution in [2.75, 3.05) is 13.7 Å². The van der Waals surface area contributed by atoms with E-state index in [0.717, 1.165) is 23.5 Å². The van der Waals surface area contributed by atoms with Gasteiger partial charge in [-0.2, -0.15) is 0 Å². The minimum Gasteiger partial charge on any atom is -0.493 e. The van der Waals surface area contributed by atoms with E-state index in [4.69, 9.17) is 13.8 Å². The first kappa shape index (κ1) is 16.0. The molecule has 0 saturated carbocycles. The van der Waals surface area contributed by atoms with E-state index in [9.17, 15) is 0 Å². The molecule has 0 amide bonds. The number of allylic oxidation sites excluding steroid dienone is 1. The minimum absolute atomic E-state index is 0.340. The van der Waals surface area contributed by atoms with Crippen LogP contribution in [0.2, 0.25) is 0 Å². The molecule has 3 nitrogen and oxygen atoms in total. The number of hydrogen-bond donors (Lipinski definition) is 0. The van der Waals surface area contributed by atoms with Crippen LogP contribution in [-0.2, 0) is 10.9 Å². The summed E-state index contributed by atoms with van der Waals surface area (Å²) < 4.78 is 17.0. The lowest BCUT2D eigenvalue weighted by Crippen LogP contribution is -2.04. The molecule has 4 heteroatoms. The topological polar surface area (TPSA) is 27.7 Å². The Kier molecular flexibility index (Phi) is 6.90. The van der Waals surface area contributed by atoms with E-state index in [2.05, 4.69) is 20.4 Å². The van der Waals surface area contributed by atoms with Gasteiger partial charge >= 0.3 is 0 Å². The lowest BCUT2D eigenvalue weighted by Gasteiger charge is -2.21. The van der Waals surface area contributed by atoms with E-state index < -0.39 is 8.38 Å². The number of rotatable bonds is 8. The Morgan fingerprint density at radius 3 is 2.58 bits per heavy atom. The molecule has 0 aliphatic heterocycles. The van der Waals surface area contributed by atoms with Crippen LogP contribution in [0.4, 0.5) is 0 Å². The maximum Gasteiger partial charge on any atom is 0.233 e. The van der Waals surface area contributed by atoms with Crippen LogP contribution >= 0.6 is 8.38 Å². The fourth-order valence-corrected chi connectivity index (χ4v) is 2.75. The molecule has 0 aliphatic carbocycles. The van der Waals surface area contributed by atoms with Gasteiger partial charge < -0.3 is 13.8 Å². The second kappa shape index (κ2) is 8.19. The van der Waals surface area contributed by atoms with Crippen LogP contribution in [0.5, 0.6) is 11.5 Å². The van der Waals surface area contributed by atoms with Gasteiger partial charge in [-0.1, -0.05) is 26.0 Å². The summed E-state index contributed by atoms with van der Waals surface area (Å²) in [5, 5.41) is 0. The Labute approximate surface area is 117 Å². The summed E-state index contributed by atoms with van der Waals surface area (Å²) in [6.45, 7) is 10.6. The minimum atomic E-state index is -0.936. The van der Waals surface area contributed by atoms with Crippen molar-refractivity contribution in [3.05, 3.63) is 36.4 Å². The normalized spacial score (nSPS) is 12.3. The summed E-state index contributed by atoms with van der Waals surface area (Å²) in [4.78, 5) is 0. The van der Waals surface area contributed by atoms with Crippen molar-refractivity contribution in [1.29, 1.82) is 0 Å². The van der Waals surface area contributed by atoms with Crippen molar-refractivity contribution in [1.82, 2.24) is 0 Å². The van der Waals surface area contributed by atoms with Gasteiger partial charge in [-0.15, -0.1) is 6.58 Å². The van der Waals surface area contributed by atoms with Gasteiger partial charge in [0.15, 0.2) is 11.5 Å². The van der Waals surface area contributed by atoms with Crippen molar-refractivity contribution in [3.63, 3.8) is 0 Å². The van der Waals surface area contributed by atoms with Gasteiger partial charge in [0.1, 0.15) is 0 Å². The molecule has 1 aromatic rings. The molecular weight excluding hydrogens is 259 g/mol. The average Bonchev–Trinajstić information content (AvgIpc) is 2.39. The Hall–Kier alpha value is -1.05. The summed E-state index contributed by atoms with van der Waals surface area (Å²) in [5.74, 6) is 1.48. The number of ether oxygens (including phenoxy) is 1. The van der Waals surface area contributed by atoms with E-state index in [-0.39, 0.29) is 0 Å². The summed E-state index contributed by atoms with van der Waals surface area (Å²) in [6, 6.07) is 5.95. The predicted molar refractivity (Wildman–Crippen MR) is 81.2 cm³/mol. The zero-order chi connectivity index (χ0) is 14.3. The second-order valence-electron chi connectivity index (χ2n) is 4.37. The SMILES string of the molecule is C=CCc1ccc(OP(OCC)C(C)C)c(OC)c1. The highest BCUT2D eigenvalue weighted by atomic mass is 31.2. The highest BCUT2D eigenvalue weighted by Gasteiger charge is 2.19. The molecule has 0 bridgehead atoms. The van der Waals surface area contributed by atoms with E-state index >= 15 is 0 Å². The fraction of sp³-hybridized carbons (Fsp3) is 0.467. The molecule has 1 aromatic carbocycles. The third kappa shape index (κ3) is 4.85. The Morgan fingerprint density at radius 1 is 1.32 bits per heavy atom. The van der Waals surface area contributed by atoms with Crippen molar-refractivity contribution in [2.24, 2.45) is 0 Å². The van der Waals surface area contributed by atoms with Gasteiger partial charge in [-0.25, -0.2) is 0 Å². The van der Waals surface area contributed by atoms with Crippen LogP contribution in [-0.4, -0.2) is 19.4 Å². The van der Waals surface area contributed by atoms with Crippen molar-refractivity contribution < 1.29 is 13.8 Å². The molecule has 0 fully saturated rings. The van der Waals surface area contributed by atoms with E-state index in [1.165, 1.54) is 0 Å². The second-order valence-corrected chi connectivity index (χ2v) is 6.41. The number of hydrogen-bond acceptors (Lipinski definition) is 3. The van der Waals surface area contributed by atoms with E-state index in [1.54, 1.807) is 7.11 Å². The molecule has 0 N–H and O–H groups in total. The fourth-order valence-electron chi connectivity index (χ4n) is 1.59. The summed E-state index contributed by atoms with van der Waals surface area (Å²) in [5.41, 5.74) is 1.50. The van der Waals surface area contributed by atoms with Gasteiger partial charge in [-0.05, 0) is 31.0 Å². The van der Waals surface area contributed by atoms with Crippen molar-refractivity contribution in [2.45, 2.75) is 32.9 Å². The largest absolute Gasteiger partial charge is 0.493 e. The van der Waals surface area contributed by atoms with E-state index in [1.807, 2.05) is 31.2 Å². The van der Waals surface area contributed by atoms with Gasteiger partial charge in [0, 0.05) is 5.66 Å². The maximum absolute atomic E-state index is 5.96. The Balaban J connectivity index is 2.89. The summed E-state index contributed by atoms with van der Waals surface area (Å²) in [6.07, 6.45) is 2.69. The Morgan fingerprint density at radius 2 is 2.05 bits per heavy atom. The van der Waals surface area contributed by atoms with Crippen LogP contribution < -0.4 is 9.26 Å². The van der Waals surface area contributed by atoms with Crippen LogP contribution in [0.1, 0.15) is 26.3 Å². The van der Waals surface area contributed by atoms with Gasteiger partial charge in [0.25, 0.3) is 0 Å². The molecule has 0 aliphatic rings. The molecule has 0 spiro atoms. The molecular formula is C15H23O3P. The first-order valence-corrected chi connectivity index (χ1v) is 7.75. The quantitative estimate of drug-likeness (QED) is 0.517. The monoisotopic (exact) mass is 282 g/mol. The van der Waals surface area contributed by atoms with Crippen molar-refractivity contribution in [3.8, 4) is 11.5 Å². The molecule has 19 heavy (non-hydrogen) atoms. The lowest BCUT2D eigenvalue weighted by molar-refractivity contribution is 0.321. The molecule has 0 aromatic heterocycles. The van der Waals surface area contributed by atoms with Gasteiger partial charge in [0.2, 0.25) is 8.38 Å². The molecule has 1 rings (SSSR count). The van der Waals surface area contributed by atoms with Crippen LogP contribution in [0, 0.1) is 0 Å². The van der Waals surface area contributed by atoms with Crippen molar-refractivity contribution >= 4 is 8.38 Å². The first-order valence-electron chi connectivity index (χ1n) is 6.50. The highest BCUT2D eigenvalue weighted by molar-refractivity contribution is 7.48. The zero-order valence-corrected chi connectivity index (χ0v) is 13.1. The highest BCUT2D eigenvalue weighted by Crippen LogP contribution is 2.46. The maximum atomic E-state index is 5.96. The first-order chi connectivity index (χ1) is 9.12. The average molecular weight is 282 g/mol. The third-order valence-corrected chi connectivity index (χ3v) is 4.21.